The van der Waals surface area contributed by atoms with Gasteiger partial charge in [-0.25, -0.2) is 0 Å². The van der Waals surface area contributed by atoms with E-state index in [1.54, 1.807) is 30.5 Å². The molecule has 0 saturated heterocycles. The monoisotopic (exact) mass is 291 g/mol. The summed E-state index contributed by atoms with van der Waals surface area (Å²) in [5, 5.41) is 3.48. The number of benzene rings is 2. The van der Waals surface area contributed by atoms with Gasteiger partial charge in [0.05, 0.1) is 16.8 Å². The lowest BCUT2D eigenvalue weighted by atomic mass is 10.1. The van der Waals surface area contributed by atoms with E-state index in [1.807, 2.05) is 30.3 Å². The lowest BCUT2D eigenvalue weighted by molar-refractivity contribution is -0.112. The first-order valence-corrected chi connectivity index (χ1v) is 6.71. The first-order chi connectivity index (χ1) is 10.7. The van der Waals surface area contributed by atoms with Crippen LogP contribution in [0.1, 0.15) is 10.4 Å². The average Bonchev–Trinajstić information content (AvgIpc) is 2.84. The summed E-state index contributed by atoms with van der Waals surface area (Å²) < 4.78 is 0. The van der Waals surface area contributed by atoms with Crippen molar-refractivity contribution in [3.8, 4) is 0 Å². The van der Waals surface area contributed by atoms with Crippen molar-refractivity contribution < 1.29 is 9.59 Å². The standard InChI is InChI=1S/C9H8N2.C8H5NO2/c10-8-5-6-11-9-4-2-1-3-7(8)9;10-7-5-3-1-2-4-6(5)9-8(7)11/h1-6H,(H2,10,11);1-4H,(H,9,10,11). The lowest BCUT2D eigenvalue weighted by Gasteiger charge is -1.97. The summed E-state index contributed by atoms with van der Waals surface area (Å²) in [5.41, 5.74) is 8.54. The Labute approximate surface area is 126 Å². The maximum absolute atomic E-state index is 11.0. The van der Waals surface area contributed by atoms with Crippen molar-refractivity contribution >= 4 is 34.0 Å². The van der Waals surface area contributed by atoms with E-state index in [4.69, 9.17) is 5.73 Å². The van der Waals surface area contributed by atoms with Gasteiger partial charge in [-0.3, -0.25) is 14.6 Å². The Bertz CT molecular complexity index is 869. The predicted molar refractivity (Wildman–Crippen MR) is 85.6 cm³/mol. The van der Waals surface area contributed by atoms with Crippen molar-refractivity contribution in [3.05, 3.63) is 66.4 Å². The van der Waals surface area contributed by atoms with Crippen LogP contribution in [0.3, 0.4) is 0 Å². The maximum Gasteiger partial charge on any atom is 0.296 e. The number of Topliss-reactive ketones (excluding diaryl/α,β-unsaturated/α-hetero) is 1. The largest absolute Gasteiger partial charge is 0.398 e. The SMILES string of the molecule is Nc1ccnc2ccccc12.O=C1Nc2ccccc2C1=O. The molecular formula is C17H13N3O2. The highest BCUT2D eigenvalue weighted by atomic mass is 16.2. The summed E-state index contributed by atoms with van der Waals surface area (Å²) in [7, 11) is 0. The Hall–Kier alpha value is -3.21. The van der Waals surface area contributed by atoms with E-state index in [2.05, 4.69) is 10.3 Å². The maximum atomic E-state index is 11.0. The number of carbonyl (C=O) groups excluding carboxylic acids is 2. The molecule has 0 fully saturated rings. The highest BCUT2D eigenvalue weighted by molar-refractivity contribution is 6.51. The molecule has 1 aliphatic heterocycles. The van der Waals surface area contributed by atoms with Gasteiger partial charge >= 0.3 is 0 Å². The van der Waals surface area contributed by atoms with E-state index in [-0.39, 0.29) is 0 Å². The third-order valence-corrected chi connectivity index (χ3v) is 3.31. The molecule has 0 radical (unpaired) electrons. The van der Waals surface area contributed by atoms with Gasteiger partial charge in [0, 0.05) is 17.3 Å². The van der Waals surface area contributed by atoms with Gasteiger partial charge in [0.15, 0.2) is 0 Å². The topological polar surface area (TPSA) is 85.1 Å². The molecule has 0 unspecified atom stereocenters. The summed E-state index contributed by atoms with van der Waals surface area (Å²) in [5.74, 6) is -0.980. The quantitative estimate of drug-likeness (QED) is 0.623. The number of nitrogen functional groups attached to an aromatic ring is 1. The molecule has 1 aromatic heterocycles. The van der Waals surface area contributed by atoms with Gasteiger partial charge in [0.1, 0.15) is 0 Å². The Balaban J connectivity index is 0.000000131. The lowest BCUT2D eigenvalue weighted by Crippen LogP contribution is -2.12. The van der Waals surface area contributed by atoms with Gasteiger partial charge in [-0.2, -0.15) is 0 Å². The van der Waals surface area contributed by atoms with Crippen LogP contribution < -0.4 is 11.1 Å². The normalized spacial score (nSPS) is 12.4. The van der Waals surface area contributed by atoms with Crippen molar-refractivity contribution in [2.45, 2.75) is 0 Å². The number of ketones is 1. The van der Waals surface area contributed by atoms with E-state index in [0.717, 1.165) is 16.6 Å². The fraction of sp³-hybridized carbons (Fsp3) is 0. The van der Waals surface area contributed by atoms with Gasteiger partial charge in [0.2, 0.25) is 0 Å². The van der Waals surface area contributed by atoms with Gasteiger partial charge in [0.25, 0.3) is 11.7 Å². The van der Waals surface area contributed by atoms with Gasteiger partial charge in [-0.1, -0.05) is 30.3 Å². The van der Waals surface area contributed by atoms with E-state index >= 15 is 0 Å². The molecule has 5 nitrogen and oxygen atoms in total. The second kappa shape index (κ2) is 5.65. The fourth-order valence-corrected chi connectivity index (χ4v) is 2.21. The number of nitrogens with one attached hydrogen (secondary N) is 1. The van der Waals surface area contributed by atoms with Crippen LogP contribution in [0.4, 0.5) is 11.4 Å². The highest BCUT2D eigenvalue weighted by Crippen LogP contribution is 2.21. The van der Waals surface area contributed by atoms with E-state index in [1.165, 1.54) is 0 Å². The number of hydrogen-bond acceptors (Lipinski definition) is 4. The summed E-state index contributed by atoms with van der Waals surface area (Å²) in [6.07, 6.45) is 1.72. The molecule has 0 bridgehead atoms. The molecule has 0 atom stereocenters. The van der Waals surface area contributed by atoms with Gasteiger partial charge in [-0.05, 0) is 24.3 Å². The second-order valence-corrected chi connectivity index (χ2v) is 4.75. The molecule has 3 N–H and O–H groups in total. The Morgan fingerprint density at radius 1 is 0.909 bits per heavy atom. The zero-order valence-electron chi connectivity index (χ0n) is 11.6. The molecule has 108 valence electrons. The molecule has 5 heteroatoms. The smallest absolute Gasteiger partial charge is 0.296 e. The number of amides is 1. The number of nitrogens with two attached hydrogens (primary N) is 1. The average molecular weight is 291 g/mol. The molecule has 1 aliphatic rings. The third kappa shape index (κ3) is 2.52. The van der Waals surface area contributed by atoms with Crippen LogP contribution in [0.5, 0.6) is 0 Å². The van der Waals surface area contributed by atoms with Crippen molar-refractivity contribution in [1.29, 1.82) is 0 Å². The molecule has 22 heavy (non-hydrogen) atoms. The van der Waals surface area contributed by atoms with Crippen molar-refractivity contribution in [3.63, 3.8) is 0 Å². The van der Waals surface area contributed by atoms with Crippen LogP contribution in [-0.4, -0.2) is 16.7 Å². The van der Waals surface area contributed by atoms with Crippen LogP contribution in [0, 0.1) is 0 Å². The third-order valence-electron chi connectivity index (χ3n) is 3.31. The number of aromatic nitrogens is 1. The number of rotatable bonds is 0. The number of hydrogen-bond donors (Lipinski definition) is 2. The number of nitrogens with zero attached hydrogens (tertiary/aromatic N) is 1. The predicted octanol–water partition coefficient (Wildman–Crippen LogP) is 2.64. The highest BCUT2D eigenvalue weighted by Gasteiger charge is 2.26. The molecule has 3 aromatic rings. The number of para-hydroxylation sites is 2. The minimum atomic E-state index is -0.536. The molecule has 4 rings (SSSR count). The van der Waals surface area contributed by atoms with E-state index < -0.39 is 11.7 Å². The Morgan fingerprint density at radius 3 is 2.41 bits per heavy atom. The number of anilines is 2. The molecular weight excluding hydrogens is 278 g/mol. The molecule has 2 aromatic carbocycles. The fourth-order valence-electron chi connectivity index (χ4n) is 2.21. The van der Waals surface area contributed by atoms with E-state index in [0.29, 0.717) is 11.3 Å². The Kier molecular flexibility index (Phi) is 3.53. The van der Waals surface area contributed by atoms with Crippen molar-refractivity contribution in [1.82, 2.24) is 4.98 Å². The first-order valence-electron chi connectivity index (χ1n) is 6.71. The van der Waals surface area contributed by atoms with Crippen LogP contribution in [0.2, 0.25) is 0 Å². The van der Waals surface area contributed by atoms with Gasteiger partial charge in [-0.15, -0.1) is 0 Å². The number of fused-ring (bicyclic) bond motifs is 2. The molecule has 2 heterocycles. The molecule has 1 amide bonds. The van der Waals surface area contributed by atoms with Crippen LogP contribution in [0.15, 0.2) is 60.8 Å². The minimum Gasteiger partial charge on any atom is -0.398 e. The first kappa shape index (κ1) is 13.8. The summed E-state index contributed by atoms with van der Waals surface area (Å²) in [6.45, 7) is 0. The number of pyridine rings is 1. The summed E-state index contributed by atoms with van der Waals surface area (Å²) >= 11 is 0. The van der Waals surface area contributed by atoms with Gasteiger partial charge < -0.3 is 11.1 Å². The van der Waals surface area contributed by atoms with E-state index in [9.17, 15) is 9.59 Å². The van der Waals surface area contributed by atoms with Crippen LogP contribution in [-0.2, 0) is 4.79 Å². The number of carbonyl (C=O) groups is 2. The summed E-state index contributed by atoms with van der Waals surface area (Å²) in [4.78, 5) is 25.9. The zero-order chi connectivity index (χ0) is 15.5. The second-order valence-electron chi connectivity index (χ2n) is 4.75. The summed E-state index contributed by atoms with van der Waals surface area (Å²) in [6, 6.07) is 16.5. The zero-order valence-corrected chi connectivity index (χ0v) is 11.6. The van der Waals surface area contributed by atoms with Crippen molar-refractivity contribution in [2.75, 3.05) is 11.1 Å². The molecule has 0 aliphatic carbocycles. The minimum absolute atomic E-state index is 0.444. The molecule has 0 saturated carbocycles. The Morgan fingerprint density at radius 2 is 1.64 bits per heavy atom. The molecule has 0 spiro atoms. The van der Waals surface area contributed by atoms with Crippen molar-refractivity contribution in [2.24, 2.45) is 0 Å². The van der Waals surface area contributed by atoms with Crippen LogP contribution >= 0.6 is 0 Å². The van der Waals surface area contributed by atoms with Crippen LogP contribution in [0.25, 0.3) is 10.9 Å².